The van der Waals surface area contributed by atoms with Crippen molar-refractivity contribution in [1.29, 1.82) is 5.26 Å². The summed E-state index contributed by atoms with van der Waals surface area (Å²) in [6.07, 6.45) is 2.61. The molecule has 1 aromatic carbocycles. The molecule has 0 fully saturated rings. The largest absolute Gasteiger partial charge is 0.358 e. The summed E-state index contributed by atoms with van der Waals surface area (Å²) < 4.78 is 0. The van der Waals surface area contributed by atoms with Gasteiger partial charge in [0.2, 0.25) is 6.19 Å². The topological polar surface area (TPSA) is 39.4 Å². The van der Waals surface area contributed by atoms with Gasteiger partial charge >= 0.3 is 0 Å². The van der Waals surface area contributed by atoms with Gasteiger partial charge in [0.1, 0.15) is 5.84 Å². The lowest BCUT2D eigenvalue weighted by Gasteiger charge is -2.19. The zero-order valence-corrected chi connectivity index (χ0v) is 9.14. The van der Waals surface area contributed by atoms with Crippen molar-refractivity contribution in [2.24, 2.45) is 4.99 Å². The van der Waals surface area contributed by atoms with Gasteiger partial charge in [-0.05, 0) is 5.56 Å². The van der Waals surface area contributed by atoms with Crippen molar-refractivity contribution < 1.29 is 0 Å². The lowest BCUT2D eigenvalue weighted by molar-refractivity contribution is 0.491. The van der Waals surface area contributed by atoms with Crippen LogP contribution in [-0.4, -0.2) is 17.8 Å². The van der Waals surface area contributed by atoms with Crippen LogP contribution in [0.1, 0.15) is 18.9 Å². The van der Waals surface area contributed by atoms with E-state index in [-0.39, 0.29) is 0 Å². The van der Waals surface area contributed by atoms with E-state index in [4.69, 9.17) is 5.26 Å². The quantitative estimate of drug-likeness (QED) is 0.428. The van der Waals surface area contributed by atoms with E-state index >= 15 is 0 Å². The zero-order valence-electron chi connectivity index (χ0n) is 9.14. The van der Waals surface area contributed by atoms with Crippen LogP contribution in [0.4, 0.5) is 0 Å². The van der Waals surface area contributed by atoms with Crippen LogP contribution in [0.3, 0.4) is 0 Å². The Morgan fingerprint density at radius 1 is 1.40 bits per heavy atom. The van der Waals surface area contributed by atoms with Crippen molar-refractivity contribution in [2.45, 2.75) is 19.9 Å². The highest BCUT2D eigenvalue weighted by molar-refractivity contribution is 5.82. The molecule has 0 radical (unpaired) electrons. The molecule has 0 bridgehead atoms. The standard InChI is InChI=1S/C12H15N3/c1-3-12(14-10-13)15(2)9-11-7-5-4-6-8-11/h4-8H,3,9H2,1-2H3. The molecule has 78 valence electrons. The fraction of sp³-hybridized carbons (Fsp3) is 0.333. The van der Waals surface area contributed by atoms with Gasteiger partial charge in [-0.1, -0.05) is 37.3 Å². The molecule has 1 rings (SSSR count). The molecule has 15 heavy (non-hydrogen) atoms. The lowest BCUT2D eigenvalue weighted by atomic mass is 10.2. The molecule has 0 heterocycles. The van der Waals surface area contributed by atoms with E-state index < -0.39 is 0 Å². The first kappa shape index (κ1) is 11.3. The Hall–Kier alpha value is -1.82. The molecule has 0 saturated heterocycles. The predicted molar refractivity (Wildman–Crippen MR) is 61.2 cm³/mol. The Balaban J connectivity index is 2.67. The minimum atomic E-state index is 0.775. The highest BCUT2D eigenvalue weighted by Gasteiger charge is 2.04. The number of nitrogens with zero attached hydrogens (tertiary/aromatic N) is 3. The fourth-order valence-electron chi connectivity index (χ4n) is 1.44. The first-order chi connectivity index (χ1) is 7.27. The second-order valence-electron chi connectivity index (χ2n) is 3.32. The predicted octanol–water partition coefficient (Wildman–Crippen LogP) is 2.41. The summed E-state index contributed by atoms with van der Waals surface area (Å²) in [6.45, 7) is 2.78. The molecule has 0 N–H and O–H groups in total. The number of amidine groups is 1. The SMILES string of the molecule is CCC(=NC#N)N(C)Cc1ccccc1. The average molecular weight is 201 g/mol. The van der Waals surface area contributed by atoms with Crippen LogP contribution in [0.2, 0.25) is 0 Å². The summed E-state index contributed by atoms with van der Waals surface area (Å²) >= 11 is 0. The lowest BCUT2D eigenvalue weighted by Crippen LogP contribution is -2.25. The molecule has 0 aromatic heterocycles. The van der Waals surface area contributed by atoms with Crippen molar-refractivity contribution in [3.63, 3.8) is 0 Å². The highest BCUT2D eigenvalue weighted by Crippen LogP contribution is 2.04. The smallest absolute Gasteiger partial charge is 0.207 e. The van der Waals surface area contributed by atoms with Gasteiger partial charge in [-0.2, -0.15) is 10.3 Å². The molecule has 0 aliphatic carbocycles. The number of benzene rings is 1. The van der Waals surface area contributed by atoms with Crippen LogP contribution >= 0.6 is 0 Å². The summed E-state index contributed by atoms with van der Waals surface area (Å²) in [4.78, 5) is 5.79. The van der Waals surface area contributed by atoms with Gasteiger partial charge in [-0.15, -0.1) is 0 Å². The maximum atomic E-state index is 8.52. The Labute approximate surface area is 90.7 Å². The zero-order chi connectivity index (χ0) is 11.1. The Morgan fingerprint density at radius 3 is 2.60 bits per heavy atom. The first-order valence-corrected chi connectivity index (χ1v) is 4.98. The summed E-state index contributed by atoms with van der Waals surface area (Å²) in [5.74, 6) is 0.821. The third-order valence-corrected chi connectivity index (χ3v) is 2.20. The highest BCUT2D eigenvalue weighted by atomic mass is 15.2. The van der Waals surface area contributed by atoms with Crippen LogP contribution in [0.25, 0.3) is 0 Å². The van der Waals surface area contributed by atoms with E-state index in [0.29, 0.717) is 0 Å². The molecule has 0 unspecified atom stereocenters. The molecule has 0 amide bonds. The maximum absolute atomic E-state index is 8.52. The molecule has 0 aliphatic heterocycles. The van der Waals surface area contributed by atoms with E-state index in [1.807, 2.05) is 43.3 Å². The van der Waals surface area contributed by atoms with Crippen molar-refractivity contribution in [3.05, 3.63) is 35.9 Å². The second-order valence-corrected chi connectivity index (χ2v) is 3.32. The van der Waals surface area contributed by atoms with Gasteiger partial charge in [0.15, 0.2) is 0 Å². The maximum Gasteiger partial charge on any atom is 0.207 e. The summed E-state index contributed by atoms with van der Waals surface area (Å²) in [5.41, 5.74) is 1.22. The third kappa shape index (κ3) is 3.43. The van der Waals surface area contributed by atoms with Crippen molar-refractivity contribution in [2.75, 3.05) is 7.05 Å². The van der Waals surface area contributed by atoms with E-state index in [1.54, 1.807) is 0 Å². The number of aliphatic imine (C=N–C) groups is 1. The van der Waals surface area contributed by atoms with Crippen LogP contribution in [0.5, 0.6) is 0 Å². The molecule has 0 atom stereocenters. The number of hydrogen-bond acceptors (Lipinski definition) is 2. The van der Waals surface area contributed by atoms with Gasteiger partial charge in [0.05, 0.1) is 0 Å². The van der Waals surface area contributed by atoms with Crippen LogP contribution in [0.15, 0.2) is 35.3 Å². The second kappa shape index (κ2) is 5.82. The van der Waals surface area contributed by atoms with E-state index in [0.717, 1.165) is 18.8 Å². The van der Waals surface area contributed by atoms with Crippen LogP contribution in [0, 0.1) is 11.5 Å². The van der Waals surface area contributed by atoms with E-state index in [1.165, 1.54) is 5.56 Å². The Bertz CT molecular complexity index is 362. The van der Waals surface area contributed by atoms with Gasteiger partial charge in [-0.25, -0.2) is 0 Å². The van der Waals surface area contributed by atoms with Crippen molar-refractivity contribution >= 4 is 5.84 Å². The molecule has 3 nitrogen and oxygen atoms in total. The third-order valence-electron chi connectivity index (χ3n) is 2.20. The van der Waals surface area contributed by atoms with E-state index in [2.05, 4.69) is 17.1 Å². The van der Waals surface area contributed by atoms with Gasteiger partial charge in [0, 0.05) is 20.0 Å². The summed E-state index contributed by atoms with van der Waals surface area (Å²) in [7, 11) is 1.95. The molecule has 0 spiro atoms. The first-order valence-electron chi connectivity index (χ1n) is 4.98. The van der Waals surface area contributed by atoms with Gasteiger partial charge < -0.3 is 4.90 Å². The van der Waals surface area contributed by atoms with Crippen molar-refractivity contribution in [1.82, 2.24) is 4.90 Å². The number of rotatable bonds is 3. The summed E-state index contributed by atoms with van der Waals surface area (Å²) in [6, 6.07) is 10.1. The normalized spacial score (nSPS) is 10.9. The Kier molecular flexibility index (Phi) is 4.36. The summed E-state index contributed by atoms with van der Waals surface area (Å²) in [5, 5.41) is 8.52. The number of nitriles is 1. The molecular formula is C12H15N3. The fourth-order valence-corrected chi connectivity index (χ4v) is 1.44. The minimum absolute atomic E-state index is 0.775. The molecule has 3 heteroatoms. The van der Waals surface area contributed by atoms with Gasteiger partial charge in [-0.3, -0.25) is 0 Å². The van der Waals surface area contributed by atoms with Crippen LogP contribution in [-0.2, 0) is 6.54 Å². The molecule has 0 aliphatic rings. The van der Waals surface area contributed by atoms with Crippen LogP contribution < -0.4 is 0 Å². The van der Waals surface area contributed by atoms with E-state index in [9.17, 15) is 0 Å². The van der Waals surface area contributed by atoms with Gasteiger partial charge in [0.25, 0.3) is 0 Å². The molecule has 1 aromatic rings. The number of hydrogen-bond donors (Lipinski definition) is 0. The van der Waals surface area contributed by atoms with Crippen molar-refractivity contribution in [3.8, 4) is 6.19 Å². The monoisotopic (exact) mass is 201 g/mol. The average Bonchev–Trinajstić information content (AvgIpc) is 2.27. The molecular weight excluding hydrogens is 186 g/mol. The Morgan fingerprint density at radius 2 is 2.07 bits per heavy atom. The minimum Gasteiger partial charge on any atom is -0.358 e. The molecule has 0 saturated carbocycles.